The van der Waals surface area contributed by atoms with E-state index in [1.807, 2.05) is 19.1 Å². The minimum Gasteiger partial charge on any atom is -0.466 e. The topological polar surface area (TPSA) is 60.4 Å². The molecule has 0 aromatic heterocycles. The van der Waals surface area contributed by atoms with Gasteiger partial charge in [0.25, 0.3) is 6.16 Å². The largest absolute Gasteiger partial charge is 0.466 e. The first-order valence-electron chi connectivity index (χ1n) is 5.50. The van der Waals surface area contributed by atoms with Gasteiger partial charge in [-0.3, -0.25) is 0 Å². The molecule has 0 aliphatic rings. The molecule has 1 aromatic rings. The molecular weight excluding hydrogens is 251 g/mol. The van der Waals surface area contributed by atoms with Gasteiger partial charge in [0.2, 0.25) is 0 Å². The Hall–Kier alpha value is -1.54. The number of ether oxygens (including phenoxy) is 1. The Morgan fingerprint density at radius 3 is 2.11 bits per heavy atom. The molecule has 1 rings (SSSR count). The Balaban J connectivity index is 3.05. The molecule has 4 nitrogen and oxygen atoms in total. The molecule has 0 radical (unpaired) electrons. The van der Waals surface area contributed by atoms with Crippen LogP contribution >= 0.6 is 7.80 Å². The minimum atomic E-state index is -2.27. The van der Waals surface area contributed by atoms with Crippen molar-refractivity contribution >= 4 is 19.3 Å². The van der Waals surface area contributed by atoms with E-state index < -0.39 is 19.3 Å². The first-order valence-corrected chi connectivity index (χ1v) is 6.95. The Labute approximate surface area is 107 Å². The fraction of sp³-hybridized carbons (Fsp3) is 0.385. The SMILES string of the molecule is COC(=O)C[P+](=O)C(=O)c1c(C)cc(C)cc1C. The molecule has 0 saturated heterocycles. The molecule has 0 aliphatic carbocycles. The number of carbonyl (C=O) groups is 2. The zero-order valence-electron chi connectivity index (χ0n) is 10.9. The fourth-order valence-corrected chi connectivity index (χ4v) is 3.00. The van der Waals surface area contributed by atoms with Crippen LogP contribution in [0.5, 0.6) is 0 Å². The highest BCUT2D eigenvalue weighted by molar-refractivity contribution is 7.65. The molecule has 0 fully saturated rings. The second kappa shape index (κ2) is 5.87. The first-order chi connectivity index (χ1) is 8.36. The quantitative estimate of drug-likeness (QED) is 0.621. The van der Waals surface area contributed by atoms with Crippen LogP contribution in [0.2, 0.25) is 0 Å². The summed E-state index contributed by atoms with van der Waals surface area (Å²) in [6.07, 6.45) is -0.364. The van der Waals surface area contributed by atoms with E-state index in [4.69, 9.17) is 0 Å². The van der Waals surface area contributed by atoms with E-state index in [0.29, 0.717) is 5.56 Å². The second-order valence-electron chi connectivity index (χ2n) is 4.19. The third-order valence-electron chi connectivity index (χ3n) is 2.62. The summed E-state index contributed by atoms with van der Waals surface area (Å²) in [5.74, 6) is -0.633. The van der Waals surface area contributed by atoms with Crippen molar-refractivity contribution in [3.63, 3.8) is 0 Å². The average Bonchev–Trinajstić information content (AvgIpc) is 2.27. The lowest BCUT2D eigenvalue weighted by Crippen LogP contribution is -2.08. The van der Waals surface area contributed by atoms with Crippen LogP contribution in [-0.2, 0) is 14.1 Å². The van der Waals surface area contributed by atoms with Gasteiger partial charge in [-0.05, 0) is 31.9 Å². The van der Waals surface area contributed by atoms with Gasteiger partial charge in [0.15, 0.2) is 0 Å². The molecule has 18 heavy (non-hydrogen) atoms. The Bertz CT molecular complexity index is 497. The number of esters is 1. The summed E-state index contributed by atoms with van der Waals surface area (Å²) in [5.41, 5.74) is 2.58. The Morgan fingerprint density at radius 1 is 1.17 bits per heavy atom. The number of rotatable bonds is 4. The highest BCUT2D eigenvalue weighted by Crippen LogP contribution is 2.30. The highest BCUT2D eigenvalue weighted by atomic mass is 31.1. The van der Waals surface area contributed by atoms with Crippen molar-refractivity contribution in [3.05, 3.63) is 34.4 Å². The van der Waals surface area contributed by atoms with Crippen LogP contribution in [0, 0.1) is 20.8 Å². The van der Waals surface area contributed by atoms with Crippen molar-refractivity contribution in [1.29, 1.82) is 0 Å². The van der Waals surface area contributed by atoms with E-state index in [-0.39, 0.29) is 6.16 Å². The summed E-state index contributed by atoms with van der Waals surface area (Å²) in [5, 5.41) is 0. The lowest BCUT2D eigenvalue weighted by molar-refractivity contribution is -0.137. The van der Waals surface area contributed by atoms with Gasteiger partial charge < -0.3 is 4.74 Å². The van der Waals surface area contributed by atoms with Crippen LogP contribution in [-0.4, -0.2) is 24.8 Å². The Kier molecular flexibility index (Phi) is 4.74. The van der Waals surface area contributed by atoms with Crippen LogP contribution in [0.3, 0.4) is 0 Å². The van der Waals surface area contributed by atoms with Crippen LogP contribution in [0.15, 0.2) is 12.1 Å². The van der Waals surface area contributed by atoms with Crippen LogP contribution in [0.25, 0.3) is 0 Å². The number of hydrogen-bond acceptors (Lipinski definition) is 4. The molecule has 96 valence electrons. The zero-order chi connectivity index (χ0) is 13.9. The molecule has 1 aromatic carbocycles. The molecule has 1 atom stereocenters. The van der Waals surface area contributed by atoms with Gasteiger partial charge in [-0.1, -0.05) is 22.3 Å². The average molecular weight is 267 g/mol. The normalized spacial score (nSPS) is 11.0. The van der Waals surface area contributed by atoms with Crippen molar-refractivity contribution in [2.45, 2.75) is 20.8 Å². The first kappa shape index (κ1) is 14.5. The maximum Gasteiger partial charge on any atom is 0.431 e. The summed E-state index contributed by atoms with van der Waals surface area (Å²) in [6.45, 7) is 5.53. The molecule has 0 heterocycles. The summed E-state index contributed by atoms with van der Waals surface area (Å²) < 4.78 is 16.2. The third kappa shape index (κ3) is 3.23. The summed E-state index contributed by atoms with van der Waals surface area (Å²) in [6, 6.07) is 3.73. The smallest absolute Gasteiger partial charge is 0.431 e. The van der Waals surface area contributed by atoms with E-state index in [0.717, 1.165) is 16.7 Å². The summed E-state index contributed by atoms with van der Waals surface area (Å²) in [7, 11) is -1.06. The van der Waals surface area contributed by atoms with Gasteiger partial charge >= 0.3 is 19.3 Å². The maximum atomic E-state index is 12.1. The van der Waals surface area contributed by atoms with Crippen molar-refractivity contribution in [3.8, 4) is 0 Å². The van der Waals surface area contributed by atoms with Gasteiger partial charge in [-0.2, -0.15) is 0 Å². The van der Waals surface area contributed by atoms with Crippen molar-refractivity contribution in [2.75, 3.05) is 13.3 Å². The minimum absolute atomic E-state index is 0.364. The van der Waals surface area contributed by atoms with E-state index in [9.17, 15) is 14.2 Å². The monoisotopic (exact) mass is 267 g/mol. The van der Waals surface area contributed by atoms with E-state index in [2.05, 4.69) is 4.74 Å². The van der Waals surface area contributed by atoms with Gasteiger partial charge in [-0.25, -0.2) is 9.59 Å². The number of aryl methyl sites for hydroxylation is 3. The standard InChI is InChI=1S/C13H16O4P/c1-8-5-9(2)12(10(3)6-8)13(15)18(16)7-11(14)17-4/h5-6H,7H2,1-4H3/q+1. The van der Waals surface area contributed by atoms with Crippen LogP contribution in [0.4, 0.5) is 0 Å². The lowest BCUT2D eigenvalue weighted by atomic mass is 10.0. The van der Waals surface area contributed by atoms with E-state index >= 15 is 0 Å². The molecular formula is C13H16O4P+. The fourth-order valence-electron chi connectivity index (χ4n) is 1.90. The zero-order valence-corrected chi connectivity index (χ0v) is 11.8. The number of hydrogen-bond donors (Lipinski definition) is 0. The summed E-state index contributed by atoms with van der Waals surface area (Å²) >= 11 is 0. The molecule has 0 aliphatic heterocycles. The number of methoxy groups -OCH3 is 1. The van der Waals surface area contributed by atoms with Gasteiger partial charge in [0.1, 0.15) is 0 Å². The molecule has 0 bridgehead atoms. The van der Waals surface area contributed by atoms with E-state index in [1.54, 1.807) is 13.8 Å². The lowest BCUT2D eigenvalue weighted by Gasteiger charge is -2.05. The van der Waals surface area contributed by atoms with Crippen molar-refractivity contribution in [1.82, 2.24) is 0 Å². The highest BCUT2D eigenvalue weighted by Gasteiger charge is 2.35. The molecule has 0 saturated carbocycles. The van der Waals surface area contributed by atoms with Gasteiger partial charge in [0.05, 0.1) is 12.7 Å². The van der Waals surface area contributed by atoms with E-state index in [1.165, 1.54) is 7.11 Å². The predicted octanol–water partition coefficient (Wildman–Crippen LogP) is 2.75. The van der Waals surface area contributed by atoms with Crippen LogP contribution < -0.4 is 0 Å². The maximum absolute atomic E-state index is 12.1. The molecule has 0 N–H and O–H groups in total. The van der Waals surface area contributed by atoms with Crippen LogP contribution in [0.1, 0.15) is 27.0 Å². The van der Waals surface area contributed by atoms with Gasteiger partial charge in [0, 0.05) is 0 Å². The molecule has 1 unspecified atom stereocenters. The third-order valence-corrected chi connectivity index (χ3v) is 3.84. The molecule has 5 heteroatoms. The number of benzene rings is 1. The number of carbonyl (C=O) groups excluding carboxylic acids is 2. The predicted molar refractivity (Wildman–Crippen MR) is 69.5 cm³/mol. The second-order valence-corrected chi connectivity index (χ2v) is 5.67. The molecule has 0 amide bonds. The molecule has 0 spiro atoms. The van der Waals surface area contributed by atoms with Crippen molar-refractivity contribution < 1.29 is 18.9 Å². The van der Waals surface area contributed by atoms with Gasteiger partial charge in [-0.15, -0.1) is 0 Å². The summed E-state index contributed by atoms with van der Waals surface area (Å²) in [4.78, 5) is 23.1. The van der Waals surface area contributed by atoms with Crippen molar-refractivity contribution in [2.24, 2.45) is 0 Å². The Morgan fingerprint density at radius 2 is 1.67 bits per heavy atom.